The van der Waals surface area contributed by atoms with Crippen molar-refractivity contribution in [1.82, 2.24) is 4.98 Å². The van der Waals surface area contributed by atoms with Crippen molar-refractivity contribution in [1.29, 1.82) is 0 Å². The first kappa shape index (κ1) is 10.6. The monoisotopic (exact) mass is 238 g/mol. The van der Waals surface area contributed by atoms with Crippen molar-refractivity contribution in [3.05, 3.63) is 41.3 Å². The van der Waals surface area contributed by atoms with Crippen molar-refractivity contribution in [2.24, 2.45) is 0 Å². The summed E-state index contributed by atoms with van der Waals surface area (Å²) in [4.78, 5) is 14.4. The Morgan fingerprint density at radius 1 is 1.44 bits per heavy atom. The molecule has 6 heteroatoms. The Balaban J connectivity index is 2.31. The van der Waals surface area contributed by atoms with Crippen LogP contribution in [0.5, 0.6) is 0 Å². The molecule has 0 unspecified atom stereocenters. The minimum Gasteiger partial charge on any atom is -0.476 e. The van der Waals surface area contributed by atoms with Gasteiger partial charge in [0.2, 0.25) is 0 Å². The zero-order chi connectivity index (χ0) is 11.5. The summed E-state index contributed by atoms with van der Waals surface area (Å²) in [5.41, 5.74) is 1.52. The van der Waals surface area contributed by atoms with Gasteiger partial charge in [-0.25, -0.2) is 14.2 Å². The molecule has 16 heavy (non-hydrogen) atoms. The van der Waals surface area contributed by atoms with E-state index in [-0.39, 0.29) is 11.4 Å². The molecule has 1 heterocycles. The Morgan fingerprint density at radius 3 is 2.88 bits per heavy atom. The molecule has 2 rings (SSSR count). The largest absolute Gasteiger partial charge is 0.476 e. The van der Waals surface area contributed by atoms with Crippen LogP contribution < -0.4 is 5.32 Å². The van der Waals surface area contributed by atoms with Crippen LogP contribution in [0, 0.1) is 5.82 Å². The van der Waals surface area contributed by atoms with Gasteiger partial charge in [0.1, 0.15) is 10.8 Å². The standard InChI is InChI=1S/C10H7FN2O2S/c11-6-3-1-2-4-7(6)13-9-8(10(14)15)12-5-16-9/h1-5,13H,(H,14,15). The second kappa shape index (κ2) is 4.28. The number of hydrogen-bond acceptors (Lipinski definition) is 4. The maximum atomic E-state index is 13.3. The number of nitrogens with zero attached hydrogens (tertiary/aromatic N) is 1. The normalized spacial score (nSPS) is 10.1. The number of thiazole rings is 1. The van der Waals surface area contributed by atoms with E-state index in [9.17, 15) is 9.18 Å². The number of carboxylic acids is 1. The molecular weight excluding hydrogens is 231 g/mol. The summed E-state index contributed by atoms with van der Waals surface area (Å²) < 4.78 is 13.3. The number of anilines is 2. The number of aromatic carboxylic acids is 1. The zero-order valence-corrected chi connectivity index (χ0v) is 8.79. The predicted molar refractivity (Wildman–Crippen MR) is 58.8 cm³/mol. The van der Waals surface area contributed by atoms with Gasteiger partial charge in [-0.05, 0) is 12.1 Å². The van der Waals surface area contributed by atoms with Crippen LogP contribution in [0.3, 0.4) is 0 Å². The number of nitrogens with one attached hydrogen (secondary N) is 1. The fourth-order valence-corrected chi connectivity index (χ4v) is 1.86. The lowest BCUT2D eigenvalue weighted by Crippen LogP contribution is -2.01. The number of aromatic nitrogens is 1. The highest BCUT2D eigenvalue weighted by atomic mass is 32.1. The number of hydrogen-bond donors (Lipinski definition) is 2. The second-order valence-corrected chi connectivity index (χ2v) is 3.79. The lowest BCUT2D eigenvalue weighted by Gasteiger charge is -2.04. The molecule has 1 aromatic heterocycles. The highest BCUT2D eigenvalue weighted by Gasteiger charge is 2.14. The molecule has 0 bridgehead atoms. The minimum atomic E-state index is -1.14. The third-order valence-corrected chi connectivity index (χ3v) is 2.63. The summed E-state index contributed by atoms with van der Waals surface area (Å²) in [6.45, 7) is 0. The summed E-state index contributed by atoms with van der Waals surface area (Å²) in [5.74, 6) is -1.58. The second-order valence-electron chi connectivity index (χ2n) is 2.94. The topological polar surface area (TPSA) is 62.2 Å². The molecule has 82 valence electrons. The number of rotatable bonds is 3. The van der Waals surface area contributed by atoms with E-state index in [4.69, 9.17) is 5.11 Å². The van der Waals surface area contributed by atoms with Gasteiger partial charge >= 0.3 is 5.97 Å². The number of carbonyl (C=O) groups is 1. The van der Waals surface area contributed by atoms with Crippen LogP contribution in [0.15, 0.2) is 29.8 Å². The van der Waals surface area contributed by atoms with Crippen molar-refractivity contribution in [3.8, 4) is 0 Å². The first-order chi connectivity index (χ1) is 7.68. The SMILES string of the molecule is O=C(O)c1ncsc1Nc1ccccc1F. The van der Waals surface area contributed by atoms with E-state index in [1.165, 1.54) is 17.6 Å². The zero-order valence-electron chi connectivity index (χ0n) is 7.98. The number of carboxylic acid groups (broad SMARTS) is 1. The summed E-state index contributed by atoms with van der Waals surface area (Å²) >= 11 is 1.11. The Hall–Kier alpha value is -1.95. The van der Waals surface area contributed by atoms with Gasteiger partial charge in [-0.1, -0.05) is 12.1 Å². The molecule has 0 atom stereocenters. The summed E-state index contributed by atoms with van der Waals surface area (Å²) in [6.07, 6.45) is 0. The van der Waals surface area contributed by atoms with E-state index in [0.29, 0.717) is 5.00 Å². The molecule has 0 amide bonds. The fraction of sp³-hybridized carbons (Fsp3) is 0. The van der Waals surface area contributed by atoms with Crippen LogP contribution in [0.2, 0.25) is 0 Å². The average Bonchev–Trinajstić information content (AvgIpc) is 2.69. The molecule has 0 spiro atoms. The average molecular weight is 238 g/mol. The molecule has 1 aromatic carbocycles. The molecule has 0 aliphatic carbocycles. The maximum absolute atomic E-state index is 13.3. The van der Waals surface area contributed by atoms with Crippen molar-refractivity contribution in [2.75, 3.05) is 5.32 Å². The Kier molecular flexibility index (Phi) is 2.82. The van der Waals surface area contributed by atoms with Crippen molar-refractivity contribution >= 4 is 28.0 Å². The molecule has 0 saturated heterocycles. The lowest BCUT2D eigenvalue weighted by molar-refractivity contribution is 0.0692. The van der Waals surface area contributed by atoms with Crippen LogP contribution >= 0.6 is 11.3 Å². The van der Waals surface area contributed by atoms with E-state index in [1.54, 1.807) is 12.1 Å². The van der Waals surface area contributed by atoms with Gasteiger partial charge < -0.3 is 10.4 Å². The van der Waals surface area contributed by atoms with E-state index < -0.39 is 11.8 Å². The highest BCUT2D eigenvalue weighted by molar-refractivity contribution is 7.14. The molecule has 0 saturated carbocycles. The third-order valence-electron chi connectivity index (χ3n) is 1.89. The molecule has 0 aliphatic rings. The van der Waals surface area contributed by atoms with Crippen LogP contribution in [0.4, 0.5) is 15.1 Å². The minimum absolute atomic E-state index is 0.103. The Morgan fingerprint density at radius 2 is 2.19 bits per heavy atom. The summed E-state index contributed by atoms with van der Waals surface area (Å²) in [7, 11) is 0. The van der Waals surface area contributed by atoms with Gasteiger partial charge in [0.05, 0.1) is 11.2 Å². The van der Waals surface area contributed by atoms with Crippen molar-refractivity contribution < 1.29 is 14.3 Å². The molecule has 2 aromatic rings. The van der Waals surface area contributed by atoms with E-state index >= 15 is 0 Å². The summed E-state index contributed by atoms with van der Waals surface area (Å²) in [5, 5.41) is 11.8. The number of benzene rings is 1. The van der Waals surface area contributed by atoms with E-state index in [2.05, 4.69) is 10.3 Å². The molecule has 2 N–H and O–H groups in total. The Labute approximate surface area is 94.4 Å². The maximum Gasteiger partial charge on any atom is 0.357 e. The molecule has 4 nitrogen and oxygen atoms in total. The smallest absolute Gasteiger partial charge is 0.357 e. The van der Waals surface area contributed by atoms with Crippen molar-refractivity contribution in [3.63, 3.8) is 0 Å². The number of para-hydroxylation sites is 1. The van der Waals surface area contributed by atoms with Gasteiger partial charge in [0.15, 0.2) is 5.69 Å². The van der Waals surface area contributed by atoms with Crippen LogP contribution in [-0.4, -0.2) is 16.1 Å². The van der Waals surface area contributed by atoms with Crippen molar-refractivity contribution in [2.45, 2.75) is 0 Å². The molecular formula is C10H7FN2O2S. The lowest BCUT2D eigenvalue weighted by atomic mass is 10.3. The molecule has 0 fully saturated rings. The van der Waals surface area contributed by atoms with E-state index in [1.807, 2.05) is 0 Å². The predicted octanol–water partition coefficient (Wildman–Crippen LogP) is 2.72. The number of halogens is 1. The van der Waals surface area contributed by atoms with Gasteiger partial charge in [-0.3, -0.25) is 0 Å². The van der Waals surface area contributed by atoms with Gasteiger partial charge in [0, 0.05) is 0 Å². The van der Waals surface area contributed by atoms with Gasteiger partial charge in [-0.2, -0.15) is 0 Å². The third kappa shape index (κ3) is 2.01. The molecule has 0 radical (unpaired) electrons. The van der Waals surface area contributed by atoms with Gasteiger partial charge in [0.25, 0.3) is 0 Å². The first-order valence-corrected chi connectivity index (χ1v) is 5.25. The van der Waals surface area contributed by atoms with Crippen LogP contribution in [0.25, 0.3) is 0 Å². The highest BCUT2D eigenvalue weighted by Crippen LogP contribution is 2.26. The molecule has 0 aliphatic heterocycles. The quantitative estimate of drug-likeness (QED) is 0.863. The first-order valence-electron chi connectivity index (χ1n) is 4.37. The van der Waals surface area contributed by atoms with Gasteiger partial charge in [-0.15, -0.1) is 11.3 Å². The van der Waals surface area contributed by atoms with Crippen LogP contribution in [0.1, 0.15) is 10.5 Å². The van der Waals surface area contributed by atoms with E-state index in [0.717, 1.165) is 11.3 Å². The Bertz CT molecular complexity index is 527. The van der Waals surface area contributed by atoms with Crippen LogP contribution in [-0.2, 0) is 0 Å². The fourth-order valence-electron chi connectivity index (χ4n) is 1.17. The summed E-state index contributed by atoms with van der Waals surface area (Å²) in [6, 6.07) is 6.04.